The van der Waals surface area contributed by atoms with Crippen molar-refractivity contribution in [2.24, 2.45) is 0 Å². The molecule has 0 radical (unpaired) electrons. The molecule has 0 spiro atoms. The summed E-state index contributed by atoms with van der Waals surface area (Å²) in [6.45, 7) is 0. The van der Waals surface area contributed by atoms with E-state index in [0.29, 0.717) is 0 Å². The zero-order chi connectivity index (χ0) is 14.5. The normalized spacial score (nSPS) is 28.4. The van der Waals surface area contributed by atoms with Crippen LogP contribution in [0.4, 0.5) is 0 Å². The van der Waals surface area contributed by atoms with Crippen LogP contribution in [-0.4, -0.2) is 29.9 Å². The SMILES string of the molecule is C1CCC(=C2SC3=C(S2)SC(=C2SC4=C(S2)[Se]CC[Se]4)S3)C1. The van der Waals surface area contributed by atoms with Crippen LogP contribution in [0.15, 0.2) is 34.4 Å². The van der Waals surface area contributed by atoms with Gasteiger partial charge in [0.25, 0.3) is 0 Å². The van der Waals surface area contributed by atoms with Gasteiger partial charge in [0.1, 0.15) is 0 Å². The van der Waals surface area contributed by atoms with E-state index in [9.17, 15) is 0 Å². The fraction of sp³-hybridized carbons (Fsp3) is 0.429. The molecule has 4 heterocycles. The van der Waals surface area contributed by atoms with Gasteiger partial charge in [-0.05, 0) is 0 Å². The van der Waals surface area contributed by atoms with Gasteiger partial charge in [0.05, 0.1) is 0 Å². The summed E-state index contributed by atoms with van der Waals surface area (Å²) in [5.41, 5.74) is 1.74. The number of hydrogen-bond donors (Lipinski definition) is 0. The van der Waals surface area contributed by atoms with Crippen LogP contribution in [0, 0.1) is 0 Å². The van der Waals surface area contributed by atoms with Crippen LogP contribution in [0.2, 0.25) is 10.6 Å². The van der Waals surface area contributed by atoms with E-state index < -0.39 is 0 Å². The van der Waals surface area contributed by atoms with Gasteiger partial charge in [0.15, 0.2) is 0 Å². The molecule has 0 nitrogen and oxygen atoms in total. The molecule has 5 aliphatic rings. The molecule has 22 heavy (non-hydrogen) atoms. The van der Waals surface area contributed by atoms with Gasteiger partial charge < -0.3 is 0 Å². The summed E-state index contributed by atoms with van der Waals surface area (Å²) in [7, 11) is 0. The first-order valence-electron chi connectivity index (χ1n) is 7.14. The van der Waals surface area contributed by atoms with Gasteiger partial charge in [-0.2, -0.15) is 0 Å². The summed E-state index contributed by atoms with van der Waals surface area (Å²) < 4.78 is 11.5. The van der Waals surface area contributed by atoms with E-state index in [2.05, 4.69) is 70.6 Å². The molecule has 4 aliphatic heterocycles. The van der Waals surface area contributed by atoms with Crippen LogP contribution in [0.3, 0.4) is 0 Å². The first-order chi connectivity index (χ1) is 10.9. The molecule has 0 aromatic carbocycles. The Hall–Kier alpha value is 2.10. The molecular formula is C14H12S6Se2. The number of thioether (sulfide) groups is 6. The van der Waals surface area contributed by atoms with E-state index in [4.69, 9.17) is 0 Å². The van der Waals surface area contributed by atoms with Gasteiger partial charge in [0.2, 0.25) is 0 Å². The van der Waals surface area contributed by atoms with Crippen molar-refractivity contribution in [1.82, 2.24) is 0 Å². The summed E-state index contributed by atoms with van der Waals surface area (Å²) in [6.07, 6.45) is 5.53. The third kappa shape index (κ3) is 3.13. The number of allylic oxidation sites excluding steroid dienone is 1. The number of rotatable bonds is 0. The van der Waals surface area contributed by atoms with E-state index in [-0.39, 0.29) is 0 Å². The molecule has 1 aliphatic carbocycles. The van der Waals surface area contributed by atoms with Crippen LogP contribution < -0.4 is 0 Å². The van der Waals surface area contributed by atoms with Crippen LogP contribution >= 0.6 is 70.6 Å². The predicted octanol–water partition coefficient (Wildman–Crippen LogP) is 6.85. The topological polar surface area (TPSA) is 0 Å². The van der Waals surface area contributed by atoms with Gasteiger partial charge in [-0.1, -0.05) is 0 Å². The van der Waals surface area contributed by atoms with E-state index in [1.165, 1.54) is 36.3 Å². The monoisotopic (exact) mass is 532 g/mol. The van der Waals surface area contributed by atoms with Gasteiger partial charge in [-0.25, -0.2) is 0 Å². The first-order valence-corrected chi connectivity index (χ1v) is 16.2. The quantitative estimate of drug-likeness (QED) is 0.312. The molecule has 0 aromatic heterocycles. The molecule has 0 N–H and O–H groups in total. The minimum absolute atomic E-state index is 0.781. The van der Waals surface area contributed by atoms with Crippen molar-refractivity contribution in [1.29, 1.82) is 0 Å². The molecule has 0 amide bonds. The maximum absolute atomic E-state index is 2.12. The zero-order valence-electron chi connectivity index (χ0n) is 11.5. The minimum atomic E-state index is 0.781. The van der Waals surface area contributed by atoms with Gasteiger partial charge in [0, 0.05) is 0 Å². The van der Waals surface area contributed by atoms with E-state index in [1.54, 1.807) is 34.4 Å². The molecular weight excluding hydrogens is 518 g/mol. The fourth-order valence-electron chi connectivity index (χ4n) is 2.62. The van der Waals surface area contributed by atoms with Crippen molar-refractivity contribution in [2.75, 3.05) is 0 Å². The Morgan fingerprint density at radius 2 is 1.00 bits per heavy atom. The zero-order valence-corrected chi connectivity index (χ0v) is 19.8. The Bertz CT molecular complexity index is 625. The van der Waals surface area contributed by atoms with Gasteiger partial charge in [-0.15, -0.1) is 0 Å². The van der Waals surface area contributed by atoms with Crippen LogP contribution in [0.25, 0.3) is 0 Å². The fourth-order valence-corrected chi connectivity index (χ4v) is 20.7. The second-order valence-electron chi connectivity index (χ2n) is 5.13. The summed E-state index contributed by atoms with van der Waals surface area (Å²) in [5.74, 6) is 0. The second-order valence-corrected chi connectivity index (χ2v) is 18.4. The van der Waals surface area contributed by atoms with Crippen LogP contribution in [0.5, 0.6) is 0 Å². The van der Waals surface area contributed by atoms with Crippen molar-refractivity contribution in [3.05, 3.63) is 34.4 Å². The summed E-state index contributed by atoms with van der Waals surface area (Å²) in [6, 6.07) is 0. The van der Waals surface area contributed by atoms with Crippen molar-refractivity contribution >= 4 is 100 Å². The van der Waals surface area contributed by atoms with E-state index >= 15 is 0 Å². The van der Waals surface area contributed by atoms with Crippen LogP contribution in [0.1, 0.15) is 25.7 Å². The Labute approximate surface area is 169 Å². The molecule has 0 aromatic rings. The summed E-state index contributed by atoms with van der Waals surface area (Å²) in [5, 5.41) is 2.97. The molecule has 0 bridgehead atoms. The Kier molecular flexibility index (Phi) is 5.19. The molecule has 116 valence electrons. The van der Waals surface area contributed by atoms with Crippen molar-refractivity contribution < 1.29 is 0 Å². The second kappa shape index (κ2) is 7.02. The van der Waals surface area contributed by atoms with Crippen molar-refractivity contribution in [3.63, 3.8) is 0 Å². The Morgan fingerprint density at radius 3 is 1.55 bits per heavy atom. The van der Waals surface area contributed by atoms with E-state index in [0.717, 1.165) is 29.9 Å². The molecule has 0 unspecified atom stereocenters. The molecule has 8 heteroatoms. The average molecular weight is 531 g/mol. The van der Waals surface area contributed by atoms with E-state index in [1.807, 2.05) is 0 Å². The molecule has 0 saturated heterocycles. The standard InChI is InChI=1S/C14H12S6Se2/c1-2-4-7(3-1)8-15-9-10(16-8)18-11(17-9)12-19-13-14(20-12)22-6-5-21-13/h1-6H2. The molecule has 0 atom stereocenters. The maximum atomic E-state index is 2.12. The molecule has 1 saturated carbocycles. The van der Waals surface area contributed by atoms with Crippen molar-refractivity contribution in [2.45, 2.75) is 36.3 Å². The Morgan fingerprint density at radius 1 is 0.545 bits per heavy atom. The Balaban J connectivity index is 1.31. The van der Waals surface area contributed by atoms with Crippen LogP contribution in [-0.2, 0) is 0 Å². The summed E-state index contributed by atoms with van der Waals surface area (Å²) in [4.78, 5) is 0. The van der Waals surface area contributed by atoms with Gasteiger partial charge in [-0.3, -0.25) is 0 Å². The molecule has 1 fully saturated rings. The third-order valence-electron chi connectivity index (χ3n) is 3.66. The first kappa shape index (κ1) is 16.3. The third-order valence-corrected chi connectivity index (χ3v) is 20.7. The number of hydrogen-bond acceptors (Lipinski definition) is 6. The van der Waals surface area contributed by atoms with Gasteiger partial charge >= 0.3 is 171 Å². The predicted molar refractivity (Wildman–Crippen MR) is 113 cm³/mol. The summed E-state index contributed by atoms with van der Waals surface area (Å²) >= 11 is 14.1. The average Bonchev–Trinajstić information content (AvgIpc) is 3.27. The molecule has 5 rings (SSSR count). The van der Waals surface area contributed by atoms with Crippen molar-refractivity contribution in [3.8, 4) is 0 Å².